The van der Waals surface area contributed by atoms with Crippen LogP contribution in [-0.4, -0.2) is 4.98 Å². The Morgan fingerprint density at radius 3 is 2.58 bits per heavy atom. The van der Waals surface area contributed by atoms with Gasteiger partial charge in [0.05, 0.1) is 5.52 Å². The van der Waals surface area contributed by atoms with Gasteiger partial charge in [0.15, 0.2) is 17.5 Å². The molecule has 0 fully saturated rings. The van der Waals surface area contributed by atoms with E-state index in [9.17, 15) is 13.2 Å². The normalized spacial score (nSPS) is 10.9. The van der Waals surface area contributed by atoms with Crippen LogP contribution >= 0.6 is 0 Å². The number of H-pyrrole nitrogens is 1. The monoisotopic (exact) mass is 171 g/mol. The third kappa shape index (κ3) is 0.809. The quantitative estimate of drug-likeness (QED) is 0.586. The first-order valence-electron chi connectivity index (χ1n) is 3.30. The van der Waals surface area contributed by atoms with Gasteiger partial charge in [-0.25, -0.2) is 13.2 Å². The molecule has 0 saturated heterocycles. The fourth-order valence-corrected chi connectivity index (χ4v) is 1.11. The van der Waals surface area contributed by atoms with E-state index in [1.807, 2.05) is 0 Å². The Kier molecular flexibility index (Phi) is 1.36. The highest BCUT2D eigenvalue weighted by atomic mass is 19.2. The number of benzene rings is 1. The second-order valence-corrected chi connectivity index (χ2v) is 2.43. The Morgan fingerprint density at radius 1 is 1.08 bits per heavy atom. The predicted molar refractivity (Wildman–Crippen MR) is 38.2 cm³/mol. The summed E-state index contributed by atoms with van der Waals surface area (Å²) in [6, 6.07) is 2.42. The van der Waals surface area contributed by atoms with Crippen molar-refractivity contribution in [3.63, 3.8) is 0 Å². The molecule has 0 aliphatic carbocycles. The third-order valence-electron chi connectivity index (χ3n) is 1.68. The van der Waals surface area contributed by atoms with Crippen molar-refractivity contribution in [1.29, 1.82) is 0 Å². The Morgan fingerprint density at radius 2 is 1.83 bits per heavy atom. The highest BCUT2D eigenvalue weighted by Gasteiger charge is 2.13. The Labute approximate surface area is 65.8 Å². The Hall–Kier alpha value is -1.45. The van der Waals surface area contributed by atoms with Gasteiger partial charge in [-0.05, 0) is 12.1 Å². The van der Waals surface area contributed by atoms with E-state index in [1.165, 1.54) is 12.3 Å². The fourth-order valence-electron chi connectivity index (χ4n) is 1.11. The van der Waals surface area contributed by atoms with Gasteiger partial charge >= 0.3 is 0 Å². The van der Waals surface area contributed by atoms with Gasteiger partial charge in [-0.2, -0.15) is 0 Å². The minimum Gasteiger partial charge on any atom is -0.359 e. The molecule has 62 valence electrons. The molecule has 0 amide bonds. The molecule has 1 nitrogen and oxygen atoms in total. The summed E-state index contributed by atoms with van der Waals surface area (Å²) in [5.74, 6) is -3.78. The SMILES string of the molecule is Fc1cc2cc[nH]c2c(F)c1F. The van der Waals surface area contributed by atoms with Crippen molar-refractivity contribution in [1.82, 2.24) is 4.98 Å². The molecule has 0 saturated carbocycles. The van der Waals surface area contributed by atoms with Gasteiger partial charge in [0.2, 0.25) is 0 Å². The van der Waals surface area contributed by atoms with Crippen molar-refractivity contribution >= 4 is 10.9 Å². The molecule has 0 unspecified atom stereocenters. The van der Waals surface area contributed by atoms with Crippen LogP contribution in [0.5, 0.6) is 0 Å². The topological polar surface area (TPSA) is 15.8 Å². The summed E-state index contributed by atoms with van der Waals surface area (Å²) in [7, 11) is 0. The molecule has 0 spiro atoms. The van der Waals surface area contributed by atoms with Crippen LogP contribution in [-0.2, 0) is 0 Å². The van der Waals surface area contributed by atoms with Crippen molar-refractivity contribution < 1.29 is 13.2 Å². The molecule has 0 atom stereocenters. The lowest BCUT2D eigenvalue weighted by Gasteiger charge is -1.95. The number of halogens is 3. The van der Waals surface area contributed by atoms with Crippen LogP contribution < -0.4 is 0 Å². The first kappa shape index (κ1) is 7.21. The maximum atomic E-state index is 12.8. The minimum absolute atomic E-state index is 0.00565. The Bertz CT molecular complexity index is 433. The number of aromatic nitrogens is 1. The van der Waals surface area contributed by atoms with Gasteiger partial charge < -0.3 is 4.98 Å². The third-order valence-corrected chi connectivity index (χ3v) is 1.68. The molecule has 0 radical (unpaired) electrons. The molecule has 0 aliphatic heterocycles. The van der Waals surface area contributed by atoms with Crippen LogP contribution in [0.3, 0.4) is 0 Å². The van der Waals surface area contributed by atoms with Crippen LogP contribution in [0.25, 0.3) is 10.9 Å². The molecule has 1 aromatic carbocycles. The lowest BCUT2D eigenvalue weighted by Crippen LogP contribution is -1.90. The highest BCUT2D eigenvalue weighted by Crippen LogP contribution is 2.21. The van der Waals surface area contributed by atoms with E-state index >= 15 is 0 Å². The van der Waals surface area contributed by atoms with E-state index in [0.717, 1.165) is 6.07 Å². The largest absolute Gasteiger partial charge is 0.359 e. The molecular weight excluding hydrogens is 167 g/mol. The van der Waals surface area contributed by atoms with Gasteiger partial charge in [0.25, 0.3) is 0 Å². The van der Waals surface area contributed by atoms with E-state index in [0.29, 0.717) is 5.39 Å². The van der Waals surface area contributed by atoms with E-state index in [-0.39, 0.29) is 5.52 Å². The molecule has 4 heteroatoms. The second-order valence-electron chi connectivity index (χ2n) is 2.43. The fraction of sp³-hybridized carbons (Fsp3) is 0. The molecule has 2 rings (SSSR count). The van der Waals surface area contributed by atoms with Gasteiger partial charge in [-0.15, -0.1) is 0 Å². The van der Waals surface area contributed by atoms with E-state index in [4.69, 9.17) is 0 Å². The maximum Gasteiger partial charge on any atom is 0.196 e. The van der Waals surface area contributed by atoms with Gasteiger partial charge in [-0.3, -0.25) is 0 Å². The van der Waals surface area contributed by atoms with Gasteiger partial charge in [-0.1, -0.05) is 0 Å². The number of hydrogen-bond donors (Lipinski definition) is 1. The second kappa shape index (κ2) is 2.27. The summed E-state index contributed by atoms with van der Waals surface area (Å²) >= 11 is 0. The maximum absolute atomic E-state index is 12.8. The average Bonchev–Trinajstić information content (AvgIpc) is 2.48. The van der Waals surface area contributed by atoms with E-state index in [1.54, 1.807) is 0 Å². The summed E-state index contributed by atoms with van der Waals surface area (Å²) in [4.78, 5) is 2.47. The molecule has 2 aromatic rings. The molecule has 0 bridgehead atoms. The standard InChI is InChI=1S/C8H4F3N/c9-5-3-4-1-2-12-8(4)7(11)6(5)10/h1-3,12H. The summed E-state index contributed by atoms with van der Waals surface area (Å²) < 4.78 is 38.0. The summed E-state index contributed by atoms with van der Waals surface area (Å²) in [6.07, 6.45) is 1.42. The van der Waals surface area contributed by atoms with Gasteiger partial charge in [0, 0.05) is 11.6 Å². The van der Waals surface area contributed by atoms with E-state index < -0.39 is 17.5 Å². The zero-order chi connectivity index (χ0) is 8.72. The van der Waals surface area contributed by atoms with Gasteiger partial charge in [0.1, 0.15) is 0 Å². The van der Waals surface area contributed by atoms with Crippen LogP contribution in [0.2, 0.25) is 0 Å². The zero-order valence-corrected chi connectivity index (χ0v) is 5.87. The zero-order valence-electron chi connectivity index (χ0n) is 5.87. The van der Waals surface area contributed by atoms with Crippen LogP contribution in [0.1, 0.15) is 0 Å². The molecule has 0 aliphatic rings. The lowest BCUT2D eigenvalue weighted by atomic mass is 10.2. The molecule has 1 aromatic heterocycles. The lowest BCUT2D eigenvalue weighted by molar-refractivity contribution is 0.453. The minimum atomic E-state index is -1.44. The highest BCUT2D eigenvalue weighted by molar-refractivity contribution is 5.79. The average molecular weight is 171 g/mol. The molecule has 1 heterocycles. The van der Waals surface area contributed by atoms with Crippen molar-refractivity contribution in [3.8, 4) is 0 Å². The summed E-state index contributed by atoms with van der Waals surface area (Å²) in [5.41, 5.74) is -0.00565. The van der Waals surface area contributed by atoms with Crippen LogP contribution in [0, 0.1) is 17.5 Å². The van der Waals surface area contributed by atoms with Crippen LogP contribution in [0.15, 0.2) is 18.3 Å². The first-order chi connectivity index (χ1) is 5.70. The van der Waals surface area contributed by atoms with E-state index in [2.05, 4.69) is 4.98 Å². The molecule has 1 N–H and O–H groups in total. The molecule has 12 heavy (non-hydrogen) atoms. The molecular formula is C8H4F3N. The Balaban J connectivity index is 2.94. The number of rotatable bonds is 0. The number of fused-ring (bicyclic) bond motifs is 1. The number of aromatic amines is 1. The smallest absolute Gasteiger partial charge is 0.196 e. The first-order valence-corrected chi connectivity index (χ1v) is 3.30. The summed E-state index contributed by atoms with van der Waals surface area (Å²) in [6.45, 7) is 0. The number of hydrogen-bond acceptors (Lipinski definition) is 0. The van der Waals surface area contributed by atoms with Crippen molar-refractivity contribution in [2.24, 2.45) is 0 Å². The van der Waals surface area contributed by atoms with Crippen molar-refractivity contribution in [3.05, 3.63) is 35.8 Å². The summed E-state index contributed by atoms with van der Waals surface area (Å²) in [5, 5.41) is 0.325. The van der Waals surface area contributed by atoms with Crippen molar-refractivity contribution in [2.75, 3.05) is 0 Å². The predicted octanol–water partition coefficient (Wildman–Crippen LogP) is 2.59. The number of nitrogens with one attached hydrogen (secondary N) is 1. The van der Waals surface area contributed by atoms with Crippen molar-refractivity contribution in [2.45, 2.75) is 0 Å². The van der Waals surface area contributed by atoms with Crippen LogP contribution in [0.4, 0.5) is 13.2 Å².